The Bertz CT molecular complexity index is 702. The first-order valence-electron chi connectivity index (χ1n) is 5.61. The van der Waals surface area contributed by atoms with Gasteiger partial charge in [-0.1, -0.05) is 6.92 Å². The molecular weight excluding hydrogens is 277 g/mol. The number of ether oxygens (including phenoxy) is 1. The fraction of sp³-hybridized carbons (Fsp3) is 0.250. The molecule has 0 fully saturated rings. The van der Waals surface area contributed by atoms with Gasteiger partial charge in [0.05, 0.1) is 16.9 Å². The fourth-order valence-electron chi connectivity index (χ4n) is 1.63. The predicted octanol–water partition coefficient (Wildman–Crippen LogP) is -0.688. The largest absolute Gasteiger partial charge is 1.00 e. The maximum absolute atomic E-state index is 11.4. The molecule has 102 valence electrons. The Labute approximate surface area is 137 Å². The number of benzene rings is 1. The Kier molecular flexibility index (Phi) is 5.55. The molecule has 20 heavy (non-hydrogen) atoms. The summed E-state index contributed by atoms with van der Waals surface area (Å²) in [7, 11) is 0. The second kappa shape index (κ2) is 6.74. The van der Waals surface area contributed by atoms with E-state index in [0.29, 0.717) is 12.4 Å². The molecule has 7 nitrogen and oxygen atoms in total. The van der Waals surface area contributed by atoms with Crippen LogP contribution in [0.25, 0.3) is 11.0 Å². The quantitative estimate of drug-likeness (QED) is 0.346. The monoisotopic (exact) mass is 289 g/mol. The van der Waals surface area contributed by atoms with Crippen molar-refractivity contribution in [2.24, 2.45) is 0 Å². The van der Waals surface area contributed by atoms with Gasteiger partial charge in [-0.25, -0.2) is 4.79 Å². The van der Waals surface area contributed by atoms with Crippen molar-refractivity contribution in [2.75, 3.05) is 6.61 Å². The first kappa shape index (κ1) is 16.5. The summed E-state index contributed by atoms with van der Waals surface area (Å²) in [6, 6.07) is 4.36. The molecule has 0 saturated heterocycles. The molecule has 8 heteroatoms. The summed E-state index contributed by atoms with van der Waals surface area (Å²) in [5.41, 5.74) is -2.11. The van der Waals surface area contributed by atoms with Gasteiger partial charge in [0.25, 0.3) is 0 Å². The molecule has 1 aromatic heterocycles. The molecule has 0 radical (unpaired) electrons. The van der Waals surface area contributed by atoms with E-state index in [4.69, 9.17) is 9.15 Å². The first-order chi connectivity index (χ1) is 9.04. The van der Waals surface area contributed by atoms with Crippen molar-refractivity contribution in [2.45, 2.75) is 13.3 Å². The average Bonchev–Trinajstić information content (AvgIpc) is 2.35. The second-order valence-corrected chi connectivity index (χ2v) is 3.85. The van der Waals surface area contributed by atoms with Crippen LogP contribution in [0, 0.1) is 10.1 Å². The summed E-state index contributed by atoms with van der Waals surface area (Å²) in [6.45, 7) is 2.44. The van der Waals surface area contributed by atoms with E-state index in [1.54, 1.807) is 6.07 Å². The van der Waals surface area contributed by atoms with E-state index < -0.39 is 22.0 Å². The van der Waals surface area contributed by atoms with Crippen LogP contribution >= 0.6 is 0 Å². The van der Waals surface area contributed by atoms with Crippen molar-refractivity contribution in [1.29, 1.82) is 0 Å². The second-order valence-electron chi connectivity index (χ2n) is 3.85. The average molecular weight is 289 g/mol. The maximum atomic E-state index is 11.4. The van der Waals surface area contributed by atoms with Crippen LogP contribution in [0.2, 0.25) is 0 Å². The maximum Gasteiger partial charge on any atom is 1.00 e. The zero-order valence-electron chi connectivity index (χ0n) is 12.1. The molecule has 0 aliphatic carbocycles. The third kappa shape index (κ3) is 3.12. The molecule has 2 rings (SSSR count). The summed E-state index contributed by atoms with van der Waals surface area (Å²) in [5, 5.41) is 20.5. The number of hydrogen-bond donors (Lipinski definition) is 1. The fourth-order valence-corrected chi connectivity index (χ4v) is 1.63. The van der Waals surface area contributed by atoms with Crippen molar-refractivity contribution in [3.63, 3.8) is 0 Å². The molecule has 0 aliphatic rings. The molecule has 0 saturated carbocycles. The Balaban J connectivity index is 0.00000200. The minimum Gasteiger partial charge on any atom is -1.00 e. The molecule has 0 atom stereocenters. The molecule has 0 bridgehead atoms. The molecule has 2 aromatic rings. The summed E-state index contributed by atoms with van der Waals surface area (Å²) in [4.78, 5) is 21.1. The molecule has 0 aliphatic heterocycles. The van der Waals surface area contributed by atoms with Crippen LogP contribution in [0.3, 0.4) is 0 Å². The minimum absolute atomic E-state index is 0. The zero-order chi connectivity index (χ0) is 14.0. The van der Waals surface area contributed by atoms with E-state index in [-0.39, 0.29) is 42.0 Å². The standard InChI is InChI=1S/C12H11NO6.Na.H/c1-2-5-18-7-3-4-8-9(6-7)19-12(15)10(11(8)14)13(16)17;;/h3-4,6,14H,2,5H2,1H3;;/q;+1;-1. The Morgan fingerprint density at radius 2 is 2.20 bits per heavy atom. The van der Waals surface area contributed by atoms with Gasteiger partial charge in [0.2, 0.25) is 5.75 Å². The summed E-state index contributed by atoms with van der Waals surface area (Å²) < 4.78 is 10.2. The Morgan fingerprint density at radius 1 is 1.50 bits per heavy atom. The van der Waals surface area contributed by atoms with Gasteiger partial charge >= 0.3 is 40.9 Å². The number of nitrogens with zero attached hydrogens (tertiary/aromatic N) is 1. The van der Waals surface area contributed by atoms with E-state index in [0.717, 1.165) is 6.42 Å². The van der Waals surface area contributed by atoms with Crippen molar-refractivity contribution in [3.8, 4) is 11.5 Å². The van der Waals surface area contributed by atoms with Crippen LogP contribution in [-0.4, -0.2) is 16.6 Å². The summed E-state index contributed by atoms with van der Waals surface area (Å²) in [5.74, 6) is -0.232. The molecule has 1 heterocycles. The van der Waals surface area contributed by atoms with Gasteiger partial charge in [-0.05, 0) is 18.6 Å². The number of nitro groups is 1. The van der Waals surface area contributed by atoms with Crippen molar-refractivity contribution < 1.29 is 50.2 Å². The van der Waals surface area contributed by atoms with Gasteiger partial charge in [0.1, 0.15) is 11.3 Å². The first-order valence-corrected chi connectivity index (χ1v) is 5.61. The van der Waals surface area contributed by atoms with E-state index >= 15 is 0 Å². The van der Waals surface area contributed by atoms with Gasteiger partial charge < -0.3 is 15.7 Å². The Hall–Kier alpha value is -1.57. The van der Waals surface area contributed by atoms with E-state index in [1.807, 2.05) is 6.92 Å². The number of fused-ring (bicyclic) bond motifs is 1. The molecule has 0 spiro atoms. The van der Waals surface area contributed by atoms with Gasteiger partial charge in [-0.15, -0.1) is 0 Å². The third-order valence-electron chi connectivity index (χ3n) is 2.48. The van der Waals surface area contributed by atoms with Crippen LogP contribution in [0.4, 0.5) is 5.69 Å². The van der Waals surface area contributed by atoms with E-state index in [1.165, 1.54) is 12.1 Å². The summed E-state index contributed by atoms with van der Waals surface area (Å²) in [6.07, 6.45) is 0.813. The van der Waals surface area contributed by atoms with Crippen molar-refractivity contribution in [1.82, 2.24) is 0 Å². The minimum atomic E-state index is -1.19. The molecule has 1 N–H and O–H groups in total. The van der Waals surface area contributed by atoms with Crippen molar-refractivity contribution >= 4 is 16.7 Å². The number of rotatable bonds is 4. The smallest absolute Gasteiger partial charge is 1.00 e. The topological polar surface area (TPSA) is 103 Å². The van der Waals surface area contributed by atoms with Crippen LogP contribution < -0.4 is 39.9 Å². The predicted molar refractivity (Wildman–Crippen MR) is 67.7 cm³/mol. The van der Waals surface area contributed by atoms with Crippen LogP contribution in [0.1, 0.15) is 14.8 Å². The van der Waals surface area contributed by atoms with E-state index in [2.05, 4.69) is 0 Å². The normalized spacial score (nSPS) is 10.1. The van der Waals surface area contributed by atoms with Gasteiger partial charge in [0.15, 0.2) is 0 Å². The summed E-state index contributed by atoms with van der Waals surface area (Å²) >= 11 is 0. The van der Waals surface area contributed by atoms with Crippen molar-refractivity contribution in [3.05, 3.63) is 38.7 Å². The van der Waals surface area contributed by atoms with E-state index in [9.17, 15) is 20.0 Å². The van der Waals surface area contributed by atoms with Gasteiger partial charge in [-0.2, -0.15) is 0 Å². The van der Waals surface area contributed by atoms with Gasteiger partial charge in [0, 0.05) is 6.07 Å². The SMILES string of the molecule is CCCOc1ccc2c(O)c([N+](=O)[O-])c(=O)oc2c1.[H-].[Na+]. The molecule has 0 amide bonds. The van der Waals surface area contributed by atoms with Crippen LogP contribution in [0.5, 0.6) is 11.5 Å². The Morgan fingerprint density at radius 3 is 2.80 bits per heavy atom. The third-order valence-corrected chi connectivity index (χ3v) is 2.48. The zero-order valence-corrected chi connectivity index (χ0v) is 13.1. The van der Waals surface area contributed by atoms with Gasteiger partial charge in [-0.3, -0.25) is 10.1 Å². The molecule has 0 unspecified atom stereocenters. The van der Waals surface area contributed by atoms with Crippen LogP contribution in [-0.2, 0) is 0 Å². The molecule has 1 aromatic carbocycles. The number of aromatic hydroxyl groups is 1. The van der Waals surface area contributed by atoms with Crippen LogP contribution in [0.15, 0.2) is 27.4 Å². The molecular formula is C12H12NNaO6. The number of hydrogen-bond acceptors (Lipinski definition) is 6.